The number of halogens is 3. The molecule has 15 heavy (non-hydrogen) atoms. The molecule has 1 fully saturated rings. The second-order valence-electron chi connectivity index (χ2n) is 3.34. The van der Waals surface area contributed by atoms with Crippen molar-refractivity contribution in [3.05, 3.63) is 25.6 Å². The van der Waals surface area contributed by atoms with Crippen LogP contribution in [-0.4, -0.2) is 15.7 Å². The van der Waals surface area contributed by atoms with Gasteiger partial charge in [-0.1, -0.05) is 15.9 Å². The molecule has 82 valence electrons. The summed E-state index contributed by atoms with van der Waals surface area (Å²) >= 11 is 10.2. The van der Waals surface area contributed by atoms with E-state index in [2.05, 4.69) is 52.2 Å². The smallest absolute Gasteiger partial charge is 0.101 e. The molecule has 0 bridgehead atoms. The summed E-state index contributed by atoms with van der Waals surface area (Å²) < 4.78 is 19.0. The molecule has 0 amide bonds. The Morgan fingerprint density at radius 3 is 2.07 bits per heavy atom. The van der Waals surface area contributed by atoms with E-state index in [9.17, 15) is 4.21 Å². The van der Waals surface area contributed by atoms with Crippen LogP contribution in [0.5, 0.6) is 0 Å². The van der Waals surface area contributed by atoms with E-state index in [0.29, 0.717) is 0 Å². The number of rotatable bonds is 1. The van der Waals surface area contributed by atoms with Gasteiger partial charge in [0.05, 0.1) is 9.73 Å². The zero-order valence-corrected chi connectivity index (χ0v) is 13.2. The van der Waals surface area contributed by atoms with Crippen LogP contribution in [0, 0.1) is 0 Å². The molecule has 2 nitrogen and oxygen atoms in total. The second-order valence-corrected chi connectivity index (χ2v) is 8.51. The van der Waals surface area contributed by atoms with Gasteiger partial charge in [-0.15, -0.1) is 0 Å². The van der Waals surface area contributed by atoms with E-state index in [4.69, 9.17) is 0 Å². The number of hydrogen-bond donors (Lipinski definition) is 0. The van der Waals surface area contributed by atoms with Gasteiger partial charge in [0.1, 0.15) is 5.69 Å². The van der Waals surface area contributed by atoms with Gasteiger partial charge in [-0.2, -0.15) is 4.36 Å². The van der Waals surface area contributed by atoms with Gasteiger partial charge in [-0.3, -0.25) is 0 Å². The van der Waals surface area contributed by atoms with Crippen molar-refractivity contribution < 1.29 is 4.21 Å². The predicted molar refractivity (Wildman–Crippen MR) is 74.1 cm³/mol. The van der Waals surface area contributed by atoms with Gasteiger partial charge in [0, 0.05) is 24.9 Å². The van der Waals surface area contributed by atoms with Crippen molar-refractivity contribution in [3.63, 3.8) is 0 Å². The lowest BCUT2D eigenvalue weighted by atomic mass is 10.3. The topological polar surface area (TPSA) is 29.4 Å². The van der Waals surface area contributed by atoms with Crippen molar-refractivity contribution in [3.8, 4) is 0 Å². The molecular formula is C9H8Br3NOS. The minimum atomic E-state index is -1.95. The zero-order valence-electron chi connectivity index (χ0n) is 7.67. The summed E-state index contributed by atoms with van der Waals surface area (Å²) in [5.74, 6) is 1.45. The Morgan fingerprint density at radius 1 is 1.13 bits per heavy atom. The maximum absolute atomic E-state index is 12.0. The van der Waals surface area contributed by atoms with E-state index in [1.165, 1.54) is 0 Å². The van der Waals surface area contributed by atoms with Crippen molar-refractivity contribution in [2.45, 2.75) is 6.42 Å². The van der Waals surface area contributed by atoms with E-state index < -0.39 is 9.73 Å². The molecule has 0 unspecified atom stereocenters. The summed E-state index contributed by atoms with van der Waals surface area (Å²) in [6, 6.07) is 3.82. The standard InChI is InChI=1S/C9H8Br3NOS/c10-6-4-7(11)9(8(12)5-6)13-15(14)2-1-3-15/h4-5H,1-3H2. The van der Waals surface area contributed by atoms with Crippen LogP contribution >= 0.6 is 47.8 Å². The normalized spacial score (nSPS) is 18.3. The van der Waals surface area contributed by atoms with Crippen molar-refractivity contribution >= 4 is 63.2 Å². The Hall–Kier alpha value is 0.610. The monoisotopic (exact) mass is 415 g/mol. The lowest BCUT2D eigenvalue weighted by Gasteiger charge is -2.18. The average Bonchev–Trinajstić information content (AvgIpc) is 2.08. The van der Waals surface area contributed by atoms with Gasteiger partial charge < -0.3 is 0 Å². The Labute approximate surface area is 114 Å². The van der Waals surface area contributed by atoms with Gasteiger partial charge in [0.2, 0.25) is 0 Å². The van der Waals surface area contributed by atoms with Crippen molar-refractivity contribution in [2.75, 3.05) is 11.5 Å². The maximum atomic E-state index is 12.0. The van der Waals surface area contributed by atoms with Crippen LogP contribution in [-0.2, 0) is 9.73 Å². The molecule has 1 heterocycles. The molecule has 1 saturated heterocycles. The van der Waals surface area contributed by atoms with Gasteiger partial charge in [-0.05, 0) is 50.4 Å². The lowest BCUT2D eigenvalue weighted by molar-refractivity contribution is 0.663. The second kappa shape index (κ2) is 4.47. The molecule has 1 aromatic rings. The molecular weight excluding hydrogens is 410 g/mol. The highest BCUT2D eigenvalue weighted by atomic mass is 79.9. The van der Waals surface area contributed by atoms with Crippen LogP contribution in [0.1, 0.15) is 6.42 Å². The van der Waals surface area contributed by atoms with Crippen molar-refractivity contribution in [1.29, 1.82) is 0 Å². The van der Waals surface area contributed by atoms with Crippen LogP contribution in [0.3, 0.4) is 0 Å². The summed E-state index contributed by atoms with van der Waals surface area (Å²) in [7, 11) is -1.95. The molecule has 1 aliphatic heterocycles. The third-order valence-electron chi connectivity index (χ3n) is 2.17. The molecule has 0 spiro atoms. The number of nitrogens with zero attached hydrogens (tertiary/aromatic N) is 1. The van der Waals surface area contributed by atoms with Gasteiger partial charge in [-0.25, -0.2) is 4.21 Å². The quantitative estimate of drug-likeness (QED) is 0.662. The first-order valence-corrected chi connectivity index (χ1v) is 8.60. The summed E-state index contributed by atoms with van der Waals surface area (Å²) in [6.07, 6.45) is 1.02. The molecule has 1 aliphatic rings. The Balaban J connectivity index is 2.54. The van der Waals surface area contributed by atoms with Crippen molar-refractivity contribution in [1.82, 2.24) is 0 Å². The summed E-state index contributed by atoms with van der Waals surface area (Å²) in [4.78, 5) is 0. The van der Waals surface area contributed by atoms with Crippen LogP contribution in [0.2, 0.25) is 0 Å². The lowest BCUT2D eigenvalue weighted by Crippen LogP contribution is -2.23. The van der Waals surface area contributed by atoms with Crippen LogP contribution in [0.4, 0.5) is 5.69 Å². The third kappa shape index (κ3) is 2.65. The van der Waals surface area contributed by atoms with E-state index in [1.54, 1.807) is 0 Å². The minimum absolute atomic E-state index is 0.724. The molecule has 0 aromatic heterocycles. The zero-order chi connectivity index (χ0) is 11.1. The highest BCUT2D eigenvalue weighted by Crippen LogP contribution is 2.38. The SMILES string of the molecule is O=S1(=Nc2c(Br)cc(Br)cc2Br)CCC1. The molecule has 6 heteroatoms. The molecule has 2 rings (SSSR count). The summed E-state index contributed by atoms with van der Waals surface area (Å²) in [6.45, 7) is 0. The first kappa shape index (κ1) is 12.1. The van der Waals surface area contributed by atoms with E-state index >= 15 is 0 Å². The van der Waals surface area contributed by atoms with Gasteiger partial charge in [0.15, 0.2) is 0 Å². The number of benzene rings is 1. The maximum Gasteiger partial charge on any atom is 0.101 e. The Morgan fingerprint density at radius 2 is 1.67 bits per heavy atom. The third-order valence-corrected chi connectivity index (χ3v) is 6.20. The molecule has 0 radical (unpaired) electrons. The van der Waals surface area contributed by atoms with Gasteiger partial charge >= 0.3 is 0 Å². The van der Waals surface area contributed by atoms with Crippen molar-refractivity contribution in [2.24, 2.45) is 4.36 Å². The van der Waals surface area contributed by atoms with E-state index in [-0.39, 0.29) is 0 Å². The van der Waals surface area contributed by atoms with E-state index in [0.717, 1.165) is 37.0 Å². The fraction of sp³-hybridized carbons (Fsp3) is 0.333. The fourth-order valence-corrected chi connectivity index (χ4v) is 5.44. The molecule has 0 aliphatic carbocycles. The minimum Gasteiger partial charge on any atom is -0.249 e. The summed E-state index contributed by atoms with van der Waals surface area (Å²) in [5.41, 5.74) is 0.753. The highest BCUT2D eigenvalue weighted by molar-refractivity contribution is 9.11. The highest BCUT2D eigenvalue weighted by Gasteiger charge is 2.20. The first-order chi connectivity index (χ1) is 7.00. The van der Waals surface area contributed by atoms with Crippen LogP contribution in [0.25, 0.3) is 0 Å². The molecule has 0 atom stereocenters. The summed E-state index contributed by atoms with van der Waals surface area (Å²) in [5, 5.41) is 0. The number of hydrogen-bond acceptors (Lipinski definition) is 2. The van der Waals surface area contributed by atoms with Gasteiger partial charge in [0.25, 0.3) is 0 Å². The molecule has 1 aromatic carbocycles. The van der Waals surface area contributed by atoms with E-state index in [1.807, 2.05) is 12.1 Å². The fourth-order valence-electron chi connectivity index (χ4n) is 1.27. The molecule has 0 saturated carbocycles. The first-order valence-electron chi connectivity index (χ1n) is 4.37. The average molecular weight is 418 g/mol. The van der Waals surface area contributed by atoms with Crippen LogP contribution in [0.15, 0.2) is 29.9 Å². The Kier molecular flexibility index (Phi) is 3.60. The Bertz CT molecular complexity index is 487. The largest absolute Gasteiger partial charge is 0.249 e. The molecule has 0 N–H and O–H groups in total. The predicted octanol–water partition coefficient (Wildman–Crippen LogP) is 4.48. The van der Waals surface area contributed by atoms with Crippen LogP contribution < -0.4 is 0 Å².